The zero-order chi connectivity index (χ0) is 18.6. The van der Waals surface area contributed by atoms with Crippen molar-refractivity contribution in [3.63, 3.8) is 0 Å². The molecule has 1 fully saturated rings. The summed E-state index contributed by atoms with van der Waals surface area (Å²) in [6, 6.07) is 12.8. The molecule has 5 nitrogen and oxygen atoms in total. The quantitative estimate of drug-likeness (QED) is 0.856. The molecule has 0 aromatic heterocycles. The van der Waals surface area contributed by atoms with E-state index in [1.165, 1.54) is 0 Å². The van der Waals surface area contributed by atoms with Crippen LogP contribution in [0.5, 0.6) is 11.5 Å². The highest BCUT2D eigenvalue weighted by Crippen LogP contribution is 2.40. The van der Waals surface area contributed by atoms with Crippen LogP contribution in [0, 0.1) is 0 Å². The topological polar surface area (TPSA) is 56.8 Å². The lowest BCUT2D eigenvalue weighted by molar-refractivity contribution is -0.125. The van der Waals surface area contributed by atoms with Crippen molar-refractivity contribution in [2.24, 2.45) is 0 Å². The molecule has 0 bridgehead atoms. The molecule has 1 aliphatic heterocycles. The van der Waals surface area contributed by atoms with Crippen LogP contribution in [0.1, 0.15) is 18.4 Å². The van der Waals surface area contributed by atoms with E-state index in [0.717, 1.165) is 5.56 Å². The van der Waals surface area contributed by atoms with Gasteiger partial charge in [0.2, 0.25) is 5.91 Å². The van der Waals surface area contributed by atoms with Gasteiger partial charge < -0.3 is 19.5 Å². The first-order chi connectivity index (χ1) is 12.6. The number of rotatable bonds is 5. The monoisotopic (exact) mass is 375 g/mol. The minimum Gasteiger partial charge on any atom is -0.493 e. The first-order valence-electron chi connectivity index (χ1n) is 8.46. The number of halogens is 1. The van der Waals surface area contributed by atoms with Crippen LogP contribution in [0.25, 0.3) is 0 Å². The van der Waals surface area contributed by atoms with E-state index in [-0.39, 0.29) is 5.91 Å². The fourth-order valence-electron chi connectivity index (χ4n) is 3.32. The number of hydrogen-bond acceptors (Lipinski definition) is 4. The third kappa shape index (κ3) is 3.64. The van der Waals surface area contributed by atoms with Gasteiger partial charge in [0.05, 0.1) is 19.6 Å². The Labute approximate surface area is 158 Å². The van der Waals surface area contributed by atoms with Crippen LogP contribution < -0.4 is 14.8 Å². The maximum Gasteiger partial charge on any atom is 0.235 e. The Morgan fingerprint density at radius 3 is 2.46 bits per heavy atom. The van der Waals surface area contributed by atoms with E-state index in [2.05, 4.69) is 5.32 Å². The first-order valence-corrected chi connectivity index (χ1v) is 8.84. The molecule has 0 radical (unpaired) electrons. The number of hydrogen-bond donors (Lipinski definition) is 1. The summed E-state index contributed by atoms with van der Waals surface area (Å²) in [5.41, 5.74) is 0.868. The molecule has 0 spiro atoms. The number of nitrogens with one attached hydrogen (secondary N) is 1. The highest BCUT2D eigenvalue weighted by Gasteiger charge is 2.42. The summed E-state index contributed by atoms with van der Waals surface area (Å²) in [5, 5.41) is 3.59. The molecular formula is C20H22ClNO4. The average Bonchev–Trinajstić information content (AvgIpc) is 2.68. The lowest BCUT2D eigenvalue weighted by Crippen LogP contribution is -2.44. The molecule has 2 aromatic rings. The molecule has 0 unspecified atom stereocenters. The van der Waals surface area contributed by atoms with E-state index in [1.807, 2.05) is 30.3 Å². The van der Waals surface area contributed by atoms with Gasteiger partial charge in [-0.2, -0.15) is 0 Å². The largest absolute Gasteiger partial charge is 0.493 e. The van der Waals surface area contributed by atoms with Crippen LogP contribution in [0.4, 0.5) is 5.69 Å². The van der Waals surface area contributed by atoms with Gasteiger partial charge in [-0.25, -0.2) is 0 Å². The van der Waals surface area contributed by atoms with E-state index >= 15 is 0 Å². The smallest absolute Gasteiger partial charge is 0.235 e. The summed E-state index contributed by atoms with van der Waals surface area (Å²) < 4.78 is 16.2. The number of benzene rings is 2. The zero-order valence-corrected chi connectivity index (χ0v) is 15.6. The summed E-state index contributed by atoms with van der Waals surface area (Å²) in [4.78, 5) is 13.3. The van der Waals surface area contributed by atoms with E-state index in [1.54, 1.807) is 26.4 Å². The van der Waals surface area contributed by atoms with Crippen LogP contribution in [-0.2, 0) is 14.9 Å². The number of amides is 1. The van der Waals surface area contributed by atoms with E-state index in [4.69, 9.17) is 25.8 Å². The third-order valence-corrected chi connectivity index (χ3v) is 5.03. The SMILES string of the molecule is COc1ccc(C2(C(=O)Nc3cccc(Cl)c3)CCOCC2)cc1OC. The second-order valence-electron chi connectivity index (χ2n) is 6.23. The summed E-state index contributed by atoms with van der Waals surface area (Å²) in [6.45, 7) is 1.05. The van der Waals surface area contributed by atoms with Crippen LogP contribution in [-0.4, -0.2) is 33.3 Å². The fourth-order valence-corrected chi connectivity index (χ4v) is 3.51. The number of carbonyl (C=O) groups is 1. The Morgan fingerprint density at radius 2 is 1.81 bits per heavy atom. The second-order valence-corrected chi connectivity index (χ2v) is 6.67. The Morgan fingerprint density at radius 1 is 1.08 bits per heavy atom. The molecular weight excluding hydrogens is 354 g/mol. The lowest BCUT2D eigenvalue weighted by Gasteiger charge is -2.36. The minimum absolute atomic E-state index is 0.0738. The van der Waals surface area contributed by atoms with Gasteiger partial charge in [-0.3, -0.25) is 4.79 Å². The molecule has 0 saturated carbocycles. The van der Waals surface area contributed by atoms with Crippen molar-refractivity contribution in [2.75, 3.05) is 32.8 Å². The number of carbonyl (C=O) groups excluding carboxylic acids is 1. The predicted octanol–water partition coefficient (Wildman–Crippen LogP) is 4.04. The van der Waals surface area contributed by atoms with Crippen molar-refractivity contribution < 1.29 is 19.0 Å². The number of ether oxygens (including phenoxy) is 3. The standard InChI is InChI=1S/C20H22ClNO4/c1-24-17-7-6-14(12-18(17)25-2)20(8-10-26-11-9-20)19(23)22-16-5-3-4-15(21)13-16/h3-7,12-13H,8-11H2,1-2H3,(H,22,23). The third-order valence-electron chi connectivity index (χ3n) is 4.80. The molecule has 26 heavy (non-hydrogen) atoms. The van der Waals surface area contributed by atoms with Gasteiger partial charge in [0.1, 0.15) is 0 Å². The van der Waals surface area contributed by atoms with Gasteiger partial charge in [-0.05, 0) is 48.7 Å². The van der Waals surface area contributed by atoms with Gasteiger partial charge in [-0.1, -0.05) is 23.7 Å². The van der Waals surface area contributed by atoms with Gasteiger partial charge in [-0.15, -0.1) is 0 Å². The predicted molar refractivity (Wildman–Crippen MR) is 101 cm³/mol. The van der Waals surface area contributed by atoms with Crippen molar-refractivity contribution in [3.05, 3.63) is 53.1 Å². The van der Waals surface area contributed by atoms with Crippen LogP contribution in [0.3, 0.4) is 0 Å². The normalized spacial score (nSPS) is 16.0. The molecule has 1 aliphatic rings. The van der Waals surface area contributed by atoms with Crippen LogP contribution in [0.2, 0.25) is 5.02 Å². The number of anilines is 1. The maximum atomic E-state index is 13.3. The van der Waals surface area contributed by atoms with Crippen LogP contribution in [0.15, 0.2) is 42.5 Å². The summed E-state index contributed by atoms with van der Waals surface area (Å²) in [5.74, 6) is 1.16. The molecule has 3 rings (SSSR count). The van der Waals surface area contributed by atoms with Crippen molar-refractivity contribution in [1.82, 2.24) is 0 Å². The molecule has 1 amide bonds. The molecule has 6 heteroatoms. The highest BCUT2D eigenvalue weighted by molar-refractivity contribution is 6.30. The fraction of sp³-hybridized carbons (Fsp3) is 0.350. The summed E-state index contributed by atoms with van der Waals surface area (Å²) in [7, 11) is 3.18. The van der Waals surface area contributed by atoms with Gasteiger partial charge in [0.25, 0.3) is 0 Å². The highest BCUT2D eigenvalue weighted by atomic mass is 35.5. The Bertz CT molecular complexity index is 787. The van der Waals surface area contributed by atoms with Crippen molar-refractivity contribution in [3.8, 4) is 11.5 Å². The molecule has 1 saturated heterocycles. The van der Waals surface area contributed by atoms with E-state index < -0.39 is 5.41 Å². The van der Waals surface area contributed by atoms with Crippen molar-refractivity contribution in [2.45, 2.75) is 18.3 Å². The molecule has 1 heterocycles. The zero-order valence-electron chi connectivity index (χ0n) is 14.9. The molecule has 0 atom stereocenters. The average molecular weight is 376 g/mol. The molecule has 1 N–H and O–H groups in total. The molecule has 138 valence electrons. The number of methoxy groups -OCH3 is 2. The van der Waals surface area contributed by atoms with E-state index in [9.17, 15) is 4.79 Å². The Hall–Kier alpha value is -2.24. The Kier molecular flexibility index (Phi) is 5.69. The molecule has 2 aromatic carbocycles. The van der Waals surface area contributed by atoms with Gasteiger partial charge in [0, 0.05) is 23.9 Å². The minimum atomic E-state index is -0.694. The van der Waals surface area contributed by atoms with Crippen LogP contribution >= 0.6 is 11.6 Å². The van der Waals surface area contributed by atoms with E-state index in [0.29, 0.717) is 48.3 Å². The van der Waals surface area contributed by atoms with Gasteiger partial charge in [0.15, 0.2) is 11.5 Å². The Balaban J connectivity index is 1.97. The summed E-state index contributed by atoms with van der Waals surface area (Å²) >= 11 is 6.04. The maximum absolute atomic E-state index is 13.3. The van der Waals surface area contributed by atoms with Gasteiger partial charge >= 0.3 is 0 Å². The van der Waals surface area contributed by atoms with Crippen molar-refractivity contribution in [1.29, 1.82) is 0 Å². The lowest BCUT2D eigenvalue weighted by atomic mass is 9.73. The molecule has 0 aliphatic carbocycles. The summed E-state index contributed by atoms with van der Waals surface area (Å²) in [6.07, 6.45) is 1.18. The second kappa shape index (κ2) is 7.98. The van der Waals surface area contributed by atoms with Crippen molar-refractivity contribution >= 4 is 23.2 Å². The first kappa shape index (κ1) is 18.5.